The van der Waals surface area contributed by atoms with Gasteiger partial charge in [0.2, 0.25) is 5.91 Å². The molecule has 0 saturated carbocycles. The van der Waals surface area contributed by atoms with Crippen LogP contribution in [-0.2, 0) is 4.79 Å². The Morgan fingerprint density at radius 1 is 1.16 bits per heavy atom. The minimum atomic E-state index is -0.134. The maximum Gasteiger partial charge on any atom is 0.227 e. The zero-order valence-corrected chi connectivity index (χ0v) is 13.7. The van der Waals surface area contributed by atoms with E-state index in [1.165, 1.54) is 0 Å². The van der Waals surface area contributed by atoms with Crippen LogP contribution in [0.25, 0.3) is 0 Å². The standard InChI is InChI=1S/C18H18N4O3/c1-13-11-17(22-25-13)21-16-8-7-14(12-19-16)20-18(23)9-10-24-15-5-3-2-4-6-15/h2-8,11-12H,9-10H2,1H3,(H,20,23)(H,19,21,22). The van der Waals surface area contributed by atoms with Gasteiger partial charge in [-0.05, 0) is 31.2 Å². The molecule has 0 bridgehead atoms. The number of carbonyl (C=O) groups excluding carboxylic acids is 1. The van der Waals surface area contributed by atoms with E-state index in [4.69, 9.17) is 9.26 Å². The van der Waals surface area contributed by atoms with E-state index >= 15 is 0 Å². The van der Waals surface area contributed by atoms with E-state index in [2.05, 4.69) is 20.8 Å². The van der Waals surface area contributed by atoms with Crippen molar-refractivity contribution in [2.45, 2.75) is 13.3 Å². The van der Waals surface area contributed by atoms with E-state index in [0.29, 0.717) is 29.7 Å². The van der Waals surface area contributed by atoms with E-state index in [-0.39, 0.29) is 12.3 Å². The number of nitrogens with one attached hydrogen (secondary N) is 2. The summed E-state index contributed by atoms with van der Waals surface area (Å²) in [6, 6.07) is 14.7. The molecule has 3 rings (SSSR count). The molecule has 1 amide bonds. The van der Waals surface area contributed by atoms with Crippen LogP contribution in [0.5, 0.6) is 5.75 Å². The van der Waals surface area contributed by atoms with Gasteiger partial charge in [0.05, 0.1) is 24.9 Å². The number of hydrogen-bond donors (Lipinski definition) is 2. The van der Waals surface area contributed by atoms with Crippen molar-refractivity contribution in [1.29, 1.82) is 0 Å². The predicted octanol–water partition coefficient (Wildman–Crippen LogP) is 3.53. The highest BCUT2D eigenvalue weighted by molar-refractivity contribution is 5.90. The van der Waals surface area contributed by atoms with E-state index in [1.54, 1.807) is 24.4 Å². The second kappa shape index (κ2) is 7.96. The molecule has 3 aromatic rings. The Bertz CT molecular complexity index is 816. The first-order valence-corrected chi connectivity index (χ1v) is 7.83. The lowest BCUT2D eigenvalue weighted by Crippen LogP contribution is -2.15. The quantitative estimate of drug-likeness (QED) is 0.685. The Morgan fingerprint density at radius 2 is 2.00 bits per heavy atom. The normalized spacial score (nSPS) is 10.3. The van der Waals surface area contributed by atoms with Crippen molar-refractivity contribution in [3.05, 3.63) is 60.5 Å². The topological polar surface area (TPSA) is 89.3 Å². The van der Waals surface area contributed by atoms with Gasteiger partial charge in [-0.3, -0.25) is 4.79 Å². The van der Waals surface area contributed by atoms with Gasteiger partial charge < -0.3 is 19.9 Å². The summed E-state index contributed by atoms with van der Waals surface area (Å²) in [5.41, 5.74) is 0.617. The Balaban J connectivity index is 1.45. The van der Waals surface area contributed by atoms with Gasteiger partial charge in [-0.15, -0.1) is 0 Å². The van der Waals surface area contributed by atoms with Crippen molar-refractivity contribution in [1.82, 2.24) is 10.1 Å². The van der Waals surface area contributed by atoms with Crippen LogP contribution in [0.15, 0.2) is 59.3 Å². The molecule has 2 heterocycles. The summed E-state index contributed by atoms with van der Waals surface area (Å²) in [4.78, 5) is 16.1. The molecule has 0 aliphatic heterocycles. The molecule has 0 saturated heterocycles. The maximum atomic E-state index is 11.9. The Kier molecular flexibility index (Phi) is 5.26. The number of aryl methyl sites for hydroxylation is 1. The number of benzene rings is 1. The smallest absolute Gasteiger partial charge is 0.227 e. The van der Waals surface area contributed by atoms with Crippen molar-refractivity contribution in [2.24, 2.45) is 0 Å². The highest BCUT2D eigenvalue weighted by atomic mass is 16.5. The fraction of sp³-hybridized carbons (Fsp3) is 0.167. The van der Waals surface area contributed by atoms with Crippen molar-refractivity contribution in [3.63, 3.8) is 0 Å². The Morgan fingerprint density at radius 3 is 2.68 bits per heavy atom. The van der Waals surface area contributed by atoms with Crippen LogP contribution in [0.3, 0.4) is 0 Å². The number of amides is 1. The number of rotatable bonds is 7. The minimum absolute atomic E-state index is 0.134. The molecule has 1 aromatic carbocycles. The SMILES string of the molecule is Cc1cc(Nc2ccc(NC(=O)CCOc3ccccc3)cn2)no1. The van der Waals surface area contributed by atoms with E-state index in [0.717, 1.165) is 5.75 Å². The summed E-state index contributed by atoms with van der Waals surface area (Å²) in [5, 5.41) is 9.62. The van der Waals surface area contributed by atoms with Crippen LogP contribution in [0.2, 0.25) is 0 Å². The lowest BCUT2D eigenvalue weighted by molar-refractivity contribution is -0.116. The van der Waals surface area contributed by atoms with Gasteiger partial charge in [0.15, 0.2) is 5.82 Å². The van der Waals surface area contributed by atoms with Gasteiger partial charge in [0, 0.05) is 6.07 Å². The van der Waals surface area contributed by atoms with Crippen molar-refractivity contribution >= 4 is 23.2 Å². The lowest BCUT2D eigenvalue weighted by atomic mass is 10.3. The molecule has 25 heavy (non-hydrogen) atoms. The van der Waals surface area contributed by atoms with Gasteiger partial charge in [0.25, 0.3) is 0 Å². The molecular formula is C18H18N4O3. The number of anilines is 3. The van der Waals surface area contributed by atoms with Gasteiger partial charge in [-0.1, -0.05) is 23.4 Å². The van der Waals surface area contributed by atoms with Gasteiger partial charge in [0.1, 0.15) is 17.3 Å². The highest BCUT2D eigenvalue weighted by Gasteiger charge is 2.05. The summed E-state index contributed by atoms with van der Waals surface area (Å²) in [6.07, 6.45) is 1.83. The molecule has 0 aliphatic rings. The van der Waals surface area contributed by atoms with E-state index < -0.39 is 0 Å². The third-order valence-electron chi connectivity index (χ3n) is 3.27. The summed E-state index contributed by atoms with van der Waals surface area (Å²) in [6.45, 7) is 2.13. The first kappa shape index (κ1) is 16.5. The van der Waals surface area contributed by atoms with Crippen LogP contribution in [0.4, 0.5) is 17.3 Å². The molecule has 0 unspecified atom stereocenters. The van der Waals surface area contributed by atoms with Gasteiger partial charge in [-0.25, -0.2) is 4.98 Å². The minimum Gasteiger partial charge on any atom is -0.493 e. The molecule has 2 aromatic heterocycles. The predicted molar refractivity (Wildman–Crippen MR) is 93.9 cm³/mol. The number of hydrogen-bond acceptors (Lipinski definition) is 6. The molecule has 0 aliphatic carbocycles. The Labute approximate surface area is 145 Å². The number of ether oxygens (including phenoxy) is 1. The fourth-order valence-electron chi connectivity index (χ4n) is 2.10. The molecule has 7 heteroatoms. The second-order valence-corrected chi connectivity index (χ2v) is 5.34. The van der Waals surface area contributed by atoms with Crippen molar-refractivity contribution < 1.29 is 14.1 Å². The summed E-state index contributed by atoms with van der Waals surface area (Å²) < 4.78 is 10.5. The number of pyridine rings is 1. The highest BCUT2D eigenvalue weighted by Crippen LogP contribution is 2.16. The molecule has 0 spiro atoms. The van der Waals surface area contributed by atoms with Gasteiger partial charge >= 0.3 is 0 Å². The van der Waals surface area contributed by atoms with Gasteiger partial charge in [-0.2, -0.15) is 0 Å². The first-order valence-electron chi connectivity index (χ1n) is 7.83. The summed E-state index contributed by atoms with van der Waals surface area (Å²) in [5.74, 6) is 2.52. The fourth-order valence-corrected chi connectivity index (χ4v) is 2.10. The average Bonchev–Trinajstić information content (AvgIpc) is 3.02. The molecule has 7 nitrogen and oxygen atoms in total. The number of carbonyl (C=O) groups is 1. The third-order valence-corrected chi connectivity index (χ3v) is 3.27. The van der Waals surface area contributed by atoms with Crippen molar-refractivity contribution in [2.75, 3.05) is 17.2 Å². The monoisotopic (exact) mass is 338 g/mol. The number of aromatic nitrogens is 2. The second-order valence-electron chi connectivity index (χ2n) is 5.34. The average molecular weight is 338 g/mol. The molecule has 0 radical (unpaired) electrons. The number of para-hydroxylation sites is 1. The van der Waals surface area contributed by atoms with Crippen LogP contribution in [0.1, 0.15) is 12.2 Å². The zero-order valence-electron chi connectivity index (χ0n) is 13.7. The van der Waals surface area contributed by atoms with Crippen LogP contribution < -0.4 is 15.4 Å². The van der Waals surface area contributed by atoms with Crippen molar-refractivity contribution in [3.8, 4) is 5.75 Å². The maximum absolute atomic E-state index is 11.9. The van der Waals surface area contributed by atoms with E-state index in [9.17, 15) is 4.79 Å². The Hall–Kier alpha value is -3.35. The third kappa shape index (κ3) is 5.07. The summed E-state index contributed by atoms with van der Waals surface area (Å²) >= 11 is 0. The molecule has 2 N–H and O–H groups in total. The zero-order chi connectivity index (χ0) is 17.5. The number of nitrogens with zero attached hydrogens (tertiary/aromatic N) is 2. The molecule has 0 atom stereocenters. The molecular weight excluding hydrogens is 320 g/mol. The largest absolute Gasteiger partial charge is 0.493 e. The van der Waals surface area contributed by atoms with Crippen LogP contribution in [0, 0.1) is 6.92 Å². The van der Waals surface area contributed by atoms with Crippen LogP contribution >= 0.6 is 0 Å². The van der Waals surface area contributed by atoms with E-state index in [1.807, 2.05) is 37.3 Å². The first-order chi connectivity index (χ1) is 12.2. The lowest BCUT2D eigenvalue weighted by Gasteiger charge is -2.08. The summed E-state index contributed by atoms with van der Waals surface area (Å²) in [7, 11) is 0. The molecule has 128 valence electrons. The molecule has 0 fully saturated rings. The van der Waals surface area contributed by atoms with Crippen LogP contribution in [-0.4, -0.2) is 22.7 Å².